The lowest BCUT2D eigenvalue weighted by Crippen LogP contribution is -2.39. The van der Waals surface area contributed by atoms with Crippen molar-refractivity contribution in [3.8, 4) is 17.1 Å². The summed E-state index contributed by atoms with van der Waals surface area (Å²) in [6.07, 6.45) is 6.50. The Morgan fingerprint density at radius 1 is 1.00 bits per heavy atom. The highest BCUT2D eigenvalue weighted by Gasteiger charge is 2.35. The number of aryl methyl sites for hydroxylation is 3. The summed E-state index contributed by atoms with van der Waals surface area (Å²) < 4.78 is 34.1. The van der Waals surface area contributed by atoms with Gasteiger partial charge in [0.1, 0.15) is 11.6 Å². The van der Waals surface area contributed by atoms with Gasteiger partial charge in [0.25, 0.3) is 0 Å². The Hall–Kier alpha value is -3.67. The minimum absolute atomic E-state index is 0.0617. The number of fused-ring (bicyclic) bond motifs is 4. The topological polar surface area (TPSA) is 120 Å². The molecule has 11 nitrogen and oxygen atoms in total. The number of hydrogen-bond acceptors (Lipinski definition) is 7. The smallest absolute Gasteiger partial charge is 0.226 e. The van der Waals surface area contributed by atoms with E-state index in [-0.39, 0.29) is 23.3 Å². The minimum Gasteiger partial charge on any atom is -0.494 e. The van der Waals surface area contributed by atoms with Crippen molar-refractivity contribution in [3.63, 3.8) is 0 Å². The van der Waals surface area contributed by atoms with Crippen molar-refractivity contribution < 1.29 is 22.7 Å². The van der Waals surface area contributed by atoms with Gasteiger partial charge < -0.3 is 19.1 Å². The summed E-state index contributed by atoms with van der Waals surface area (Å²) in [7, 11) is -3.16. The number of rotatable bonds is 4. The van der Waals surface area contributed by atoms with Gasteiger partial charge in [0, 0.05) is 69.3 Å². The third kappa shape index (κ3) is 8.04. The molecular weight excluding hydrogens is 568 g/mol. The number of carbonyl (C=O) groups excluding carboxylic acids is 2. The van der Waals surface area contributed by atoms with Gasteiger partial charge in [0.15, 0.2) is 9.84 Å². The second-order valence-electron chi connectivity index (χ2n) is 11.6. The molecule has 1 atom stereocenters. The van der Waals surface area contributed by atoms with Gasteiger partial charge in [-0.15, -0.1) is 0 Å². The maximum Gasteiger partial charge on any atom is 0.226 e. The van der Waals surface area contributed by atoms with Crippen molar-refractivity contribution >= 4 is 21.7 Å². The van der Waals surface area contributed by atoms with Crippen molar-refractivity contribution in [2.75, 3.05) is 44.3 Å². The van der Waals surface area contributed by atoms with Crippen molar-refractivity contribution in [1.82, 2.24) is 29.1 Å². The molecule has 0 N–H and O–H groups in total. The second kappa shape index (κ2) is 13.7. The van der Waals surface area contributed by atoms with Gasteiger partial charge in [0.2, 0.25) is 11.8 Å². The molecule has 2 aliphatic heterocycles. The third-order valence-electron chi connectivity index (χ3n) is 8.25. The van der Waals surface area contributed by atoms with Gasteiger partial charge in [-0.2, -0.15) is 5.10 Å². The van der Waals surface area contributed by atoms with Gasteiger partial charge in [-0.25, -0.2) is 13.4 Å². The second-order valence-corrected chi connectivity index (χ2v) is 13.8. The van der Waals surface area contributed by atoms with Crippen LogP contribution in [0, 0.1) is 19.8 Å². The Morgan fingerprint density at radius 3 is 2.53 bits per heavy atom. The molecule has 1 unspecified atom stereocenters. The van der Waals surface area contributed by atoms with Crippen molar-refractivity contribution in [2.45, 2.75) is 59.0 Å². The molecule has 4 heterocycles. The van der Waals surface area contributed by atoms with Gasteiger partial charge in [-0.3, -0.25) is 14.3 Å². The summed E-state index contributed by atoms with van der Waals surface area (Å²) >= 11 is 0. The summed E-state index contributed by atoms with van der Waals surface area (Å²) in [5.74, 6) is 1.02. The first-order chi connectivity index (χ1) is 20.7. The van der Waals surface area contributed by atoms with Crippen LogP contribution in [0.5, 0.6) is 5.75 Å². The number of sulfone groups is 1. The number of nitrogens with zero attached hydrogens (tertiary/aromatic N) is 6. The normalized spacial score (nSPS) is 19.8. The van der Waals surface area contributed by atoms with Gasteiger partial charge in [0.05, 0.1) is 29.7 Å². The number of amides is 2. The molecule has 1 saturated heterocycles. The van der Waals surface area contributed by atoms with Crippen LogP contribution in [0.25, 0.3) is 11.4 Å². The van der Waals surface area contributed by atoms with E-state index in [4.69, 9.17) is 4.74 Å². The zero-order chi connectivity index (χ0) is 30.4. The highest BCUT2D eigenvalue weighted by atomic mass is 32.2. The van der Waals surface area contributed by atoms with E-state index in [9.17, 15) is 18.0 Å². The average molecular weight is 611 g/mol. The van der Waals surface area contributed by atoms with E-state index in [2.05, 4.69) is 14.6 Å². The highest BCUT2D eigenvalue weighted by molar-refractivity contribution is 7.91. The largest absolute Gasteiger partial charge is 0.494 e. The van der Waals surface area contributed by atoms with Crippen LogP contribution < -0.4 is 4.74 Å². The number of benzene rings is 1. The molecule has 2 amide bonds. The Morgan fingerprint density at radius 2 is 1.79 bits per heavy atom. The van der Waals surface area contributed by atoms with E-state index < -0.39 is 15.8 Å². The molecule has 1 aromatic carbocycles. The first-order valence-electron chi connectivity index (χ1n) is 15.2. The molecule has 0 radical (unpaired) electrons. The predicted octanol–water partition coefficient (Wildman–Crippen LogP) is 3.11. The van der Waals surface area contributed by atoms with Crippen LogP contribution in [0.3, 0.4) is 0 Å². The van der Waals surface area contributed by atoms with E-state index >= 15 is 0 Å². The zero-order valence-electron chi connectivity index (χ0n) is 25.2. The molecule has 0 aliphatic carbocycles. The zero-order valence-corrected chi connectivity index (χ0v) is 26.0. The van der Waals surface area contributed by atoms with Gasteiger partial charge >= 0.3 is 0 Å². The van der Waals surface area contributed by atoms with Crippen molar-refractivity contribution in [1.29, 1.82) is 0 Å². The Kier molecular flexibility index (Phi) is 9.84. The van der Waals surface area contributed by atoms with Crippen LogP contribution in [-0.2, 0) is 32.5 Å². The molecule has 3 aromatic rings. The first kappa shape index (κ1) is 30.8. The molecule has 5 rings (SSSR count). The monoisotopic (exact) mass is 610 g/mol. The van der Waals surface area contributed by atoms with Crippen LogP contribution in [0.2, 0.25) is 0 Å². The van der Waals surface area contributed by atoms with E-state index in [0.717, 1.165) is 34.9 Å². The standard InChI is InChI=1S/C31H42N6O5S/c1-24-21-25(2)37(33-24)15-9-29(38)34-12-3-4-13-36(31(39)27-10-20-43(40,41)23-27)14-6-19-42-28-8-5-7-26(22-28)30-32-11-16-35(30)18-17-34/h5,7-8,11,16,21-22,27H,3-4,6,9-10,12-15,17-20,23H2,1-2H3. The third-order valence-corrected chi connectivity index (χ3v) is 10.0. The van der Waals surface area contributed by atoms with Crippen LogP contribution in [0.4, 0.5) is 0 Å². The first-order valence-corrected chi connectivity index (χ1v) is 17.0. The summed E-state index contributed by atoms with van der Waals surface area (Å²) in [4.78, 5) is 35.2. The Balaban J connectivity index is 1.32. The Bertz CT molecular complexity index is 1530. The van der Waals surface area contributed by atoms with E-state index in [0.29, 0.717) is 71.6 Å². The predicted molar refractivity (Wildman–Crippen MR) is 163 cm³/mol. The number of hydrogen-bond donors (Lipinski definition) is 0. The molecule has 2 aromatic heterocycles. The van der Waals surface area contributed by atoms with E-state index in [1.165, 1.54) is 0 Å². The lowest BCUT2D eigenvalue weighted by atomic mass is 10.1. The van der Waals surface area contributed by atoms with Gasteiger partial charge in [-0.05, 0) is 57.7 Å². The summed E-state index contributed by atoms with van der Waals surface area (Å²) in [5, 5.41) is 4.50. The van der Waals surface area contributed by atoms with Crippen LogP contribution in [-0.4, -0.2) is 93.7 Å². The van der Waals surface area contributed by atoms with E-state index in [1.807, 2.05) is 60.0 Å². The molecule has 1 fully saturated rings. The molecule has 0 spiro atoms. The van der Waals surface area contributed by atoms with E-state index in [1.54, 1.807) is 11.1 Å². The molecule has 0 saturated carbocycles. The van der Waals surface area contributed by atoms with Gasteiger partial charge in [-0.1, -0.05) is 12.1 Å². The average Bonchev–Trinajstić information content (AvgIpc) is 3.69. The highest BCUT2D eigenvalue weighted by Crippen LogP contribution is 2.24. The van der Waals surface area contributed by atoms with Crippen molar-refractivity contribution in [2.24, 2.45) is 5.92 Å². The number of imidazole rings is 1. The number of ether oxygens (including phenoxy) is 1. The van der Waals surface area contributed by atoms with Crippen LogP contribution in [0.15, 0.2) is 42.7 Å². The Labute approximate surface area is 253 Å². The fraction of sp³-hybridized carbons (Fsp3) is 0.548. The molecular formula is C31H42N6O5S. The van der Waals surface area contributed by atoms with Crippen LogP contribution >= 0.6 is 0 Å². The molecule has 12 heteroatoms. The maximum absolute atomic E-state index is 13.5. The summed E-state index contributed by atoms with van der Waals surface area (Å²) in [5.41, 5.74) is 2.89. The van der Waals surface area contributed by atoms with Crippen molar-refractivity contribution in [3.05, 3.63) is 54.1 Å². The number of carbonyl (C=O) groups is 2. The summed E-state index contributed by atoms with van der Waals surface area (Å²) in [6.45, 7) is 7.59. The molecule has 2 aliphatic rings. The molecule has 2 bridgehead atoms. The maximum atomic E-state index is 13.5. The minimum atomic E-state index is -3.16. The fourth-order valence-corrected chi connectivity index (χ4v) is 7.69. The quantitative estimate of drug-likeness (QED) is 0.445. The lowest BCUT2D eigenvalue weighted by molar-refractivity contribution is -0.135. The summed E-state index contributed by atoms with van der Waals surface area (Å²) in [6, 6.07) is 9.80. The van der Waals surface area contributed by atoms with Crippen LogP contribution in [0.1, 0.15) is 43.5 Å². The molecule has 232 valence electrons. The molecule has 43 heavy (non-hydrogen) atoms. The number of aromatic nitrogens is 4. The lowest BCUT2D eigenvalue weighted by Gasteiger charge is -2.27. The SMILES string of the molecule is Cc1cc(C)n(CCC(=O)N2CCCCN(C(=O)C3CCS(=O)(=O)C3)CCCOc3cccc(c3)-c3nccn3CC2)n1. The fourth-order valence-electron chi connectivity index (χ4n) is 5.96.